The van der Waals surface area contributed by atoms with Gasteiger partial charge in [-0.1, -0.05) is 6.42 Å². The lowest BCUT2D eigenvalue weighted by Gasteiger charge is -2.24. The van der Waals surface area contributed by atoms with Crippen LogP contribution in [0.25, 0.3) is 0 Å². The molecule has 0 unspecified atom stereocenters. The van der Waals surface area contributed by atoms with Crippen molar-refractivity contribution in [2.45, 2.75) is 63.7 Å². The average Bonchev–Trinajstić information content (AvgIpc) is 2.33. The first-order chi connectivity index (χ1) is 9.97. The fourth-order valence-corrected chi connectivity index (χ4v) is 10.0. The molecule has 130 valence electrons. The lowest BCUT2D eigenvalue weighted by molar-refractivity contribution is 0.319. The minimum absolute atomic E-state index is 0.261. The Bertz CT molecular complexity index is 400. The maximum absolute atomic E-state index is 10.9. The zero-order valence-electron chi connectivity index (χ0n) is 14.7. The van der Waals surface area contributed by atoms with E-state index in [-0.39, 0.29) is 6.61 Å². The summed E-state index contributed by atoms with van der Waals surface area (Å²) in [6.45, 7) is 11.3. The maximum Gasteiger partial charge on any atom is 0.264 e. The van der Waals surface area contributed by atoms with E-state index in [0.29, 0.717) is 19.5 Å². The van der Waals surface area contributed by atoms with Crippen LogP contribution in [-0.2, 0) is 22.5 Å². The van der Waals surface area contributed by atoms with Gasteiger partial charge in [0.15, 0.2) is 16.6 Å². The molecule has 0 bridgehead atoms. The topological polar surface area (TPSA) is 61.8 Å². The number of hydrogen-bond acceptors (Lipinski definition) is 5. The molecule has 0 saturated heterocycles. The second-order valence-electron chi connectivity index (χ2n) is 6.56. The second-order valence-corrected chi connectivity index (χ2v) is 19.1. The van der Waals surface area contributed by atoms with E-state index in [2.05, 4.69) is 32.7 Å². The molecule has 22 heavy (non-hydrogen) atoms. The predicted molar refractivity (Wildman–Crippen MR) is 99.0 cm³/mol. The van der Waals surface area contributed by atoms with Crippen LogP contribution in [0.5, 0.6) is 0 Å². The molecule has 0 aromatic heterocycles. The molecule has 0 N–H and O–H groups in total. The van der Waals surface area contributed by atoms with Crippen molar-refractivity contribution in [2.75, 3.05) is 12.9 Å². The van der Waals surface area contributed by atoms with Gasteiger partial charge in [-0.15, -0.1) is 0 Å². The molecule has 0 spiro atoms. The van der Waals surface area contributed by atoms with Gasteiger partial charge in [0.05, 0.1) is 12.9 Å². The summed E-state index contributed by atoms with van der Waals surface area (Å²) in [4.78, 5) is 0. The van der Waals surface area contributed by atoms with Crippen LogP contribution in [0, 0.1) is 0 Å². The van der Waals surface area contributed by atoms with Crippen molar-refractivity contribution in [2.24, 2.45) is 0 Å². The van der Waals surface area contributed by atoms with Gasteiger partial charge in [0.25, 0.3) is 10.1 Å². The van der Waals surface area contributed by atoms with Gasteiger partial charge in [0, 0.05) is 0 Å². The molecule has 4 radical (unpaired) electrons. The van der Waals surface area contributed by atoms with Gasteiger partial charge in [-0.3, -0.25) is 4.18 Å². The number of hydrogen-bond donors (Lipinski definition) is 0. The van der Waals surface area contributed by atoms with Gasteiger partial charge >= 0.3 is 0 Å². The van der Waals surface area contributed by atoms with E-state index in [4.69, 9.17) is 12.4 Å². The molecule has 0 fully saturated rings. The summed E-state index contributed by atoms with van der Waals surface area (Å²) in [5.41, 5.74) is 0. The van der Waals surface area contributed by atoms with Crippen molar-refractivity contribution in [1.29, 1.82) is 0 Å². The summed E-state index contributed by atoms with van der Waals surface area (Å²) >= 11 is 0. The summed E-state index contributed by atoms with van der Waals surface area (Å²) in [6.07, 6.45) is 2.99. The predicted octanol–water partition coefficient (Wildman–Crippen LogP) is 2.89. The van der Waals surface area contributed by atoms with Crippen LogP contribution in [0.2, 0.25) is 50.9 Å². The van der Waals surface area contributed by atoms with E-state index < -0.39 is 26.8 Å². The van der Waals surface area contributed by atoms with Crippen molar-refractivity contribution < 1.29 is 20.8 Å². The molecule has 0 atom stereocenters. The minimum Gasteiger partial charge on any atom is -0.456 e. The normalized spacial score (nSPS) is 13.5. The highest BCUT2D eigenvalue weighted by molar-refractivity contribution is 7.85. The molecular formula is C12H30O5SSi4. The fourth-order valence-electron chi connectivity index (χ4n) is 1.92. The summed E-state index contributed by atoms with van der Waals surface area (Å²) < 4.78 is 38.4. The SMILES string of the molecule is C[Si]O[Si](C)(C)CCC[Si]O[Si](C)(C)CCCOS(C)(=O)=O. The van der Waals surface area contributed by atoms with Crippen LogP contribution in [0.4, 0.5) is 0 Å². The molecular weight excluding hydrogens is 369 g/mol. The molecule has 10 heteroatoms. The molecule has 0 aliphatic carbocycles. The van der Waals surface area contributed by atoms with Crippen LogP contribution in [0.1, 0.15) is 12.8 Å². The Morgan fingerprint density at radius 3 is 2.05 bits per heavy atom. The van der Waals surface area contributed by atoms with Crippen LogP contribution in [-0.4, -0.2) is 57.4 Å². The van der Waals surface area contributed by atoms with E-state index in [9.17, 15) is 8.42 Å². The third kappa shape index (κ3) is 14.3. The van der Waals surface area contributed by atoms with Crippen molar-refractivity contribution in [1.82, 2.24) is 0 Å². The Labute approximate surface area is 143 Å². The van der Waals surface area contributed by atoms with Gasteiger partial charge in [-0.25, -0.2) is 0 Å². The first-order valence-electron chi connectivity index (χ1n) is 7.57. The van der Waals surface area contributed by atoms with Gasteiger partial charge in [0.1, 0.15) is 0 Å². The zero-order valence-corrected chi connectivity index (χ0v) is 19.5. The van der Waals surface area contributed by atoms with Gasteiger partial charge in [-0.2, -0.15) is 8.42 Å². The zero-order chi connectivity index (χ0) is 17.3. The Balaban J connectivity index is 3.76. The largest absolute Gasteiger partial charge is 0.456 e. The monoisotopic (exact) mass is 398 g/mol. The van der Waals surface area contributed by atoms with Crippen LogP contribution in [0.15, 0.2) is 0 Å². The molecule has 0 amide bonds. The number of rotatable bonds is 13. The van der Waals surface area contributed by atoms with Crippen molar-refractivity contribution in [3.63, 3.8) is 0 Å². The van der Waals surface area contributed by atoms with E-state index >= 15 is 0 Å². The molecule has 5 nitrogen and oxygen atoms in total. The van der Waals surface area contributed by atoms with Gasteiger partial charge in [0.2, 0.25) is 19.5 Å². The van der Waals surface area contributed by atoms with Gasteiger partial charge in [-0.05, 0) is 57.3 Å². The van der Waals surface area contributed by atoms with Crippen molar-refractivity contribution in [3.05, 3.63) is 0 Å². The highest BCUT2D eigenvalue weighted by Crippen LogP contribution is 2.17. The summed E-state index contributed by atoms with van der Waals surface area (Å²) in [6, 6.07) is 3.22. The third-order valence-corrected chi connectivity index (χ3v) is 13.1. The van der Waals surface area contributed by atoms with Crippen molar-refractivity contribution >= 4 is 46.3 Å². The van der Waals surface area contributed by atoms with E-state index in [1.165, 1.54) is 12.5 Å². The highest BCUT2D eigenvalue weighted by atomic mass is 32.2. The molecule has 0 saturated carbocycles. The second kappa shape index (κ2) is 10.5. The Hall–Kier alpha value is 0.698. The van der Waals surface area contributed by atoms with Crippen molar-refractivity contribution in [3.8, 4) is 0 Å². The molecule has 0 aliphatic heterocycles. The van der Waals surface area contributed by atoms with Gasteiger partial charge < -0.3 is 8.23 Å². The summed E-state index contributed by atoms with van der Waals surface area (Å²) in [5.74, 6) is 0. The molecule has 0 aromatic rings. The smallest absolute Gasteiger partial charge is 0.264 e. The molecule has 0 heterocycles. The quantitative estimate of drug-likeness (QED) is 0.271. The average molecular weight is 399 g/mol. The lowest BCUT2D eigenvalue weighted by Crippen LogP contribution is -2.33. The summed E-state index contributed by atoms with van der Waals surface area (Å²) in [7, 11) is -5.32. The molecule has 0 rings (SSSR count). The first kappa shape index (κ1) is 22.7. The van der Waals surface area contributed by atoms with E-state index in [0.717, 1.165) is 24.8 Å². The van der Waals surface area contributed by atoms with Crippen LogP contribution < -0.4 is 0 Å². The lowest BCUT2D eigenvalue weighted by atomic mass is 10.5. The van der Waals surface area contributed by atoms with E-state index in [1.54, 1.807) is 0 Å². The van der Waals surface area contributed by atoms with E-state index in [1.807, 2.05) is 0 Å². The first-order valence-corrected chi connectivity index (χ1v) is 18.1. The molecule has 0 aromatic carbocycles. The van der Waals surface area contributed by atoms with Crippen LogP contribution in [0.3, 0.4) is 0 Å². The Kier molecular flexibility index (Phi) is 10.9. The molecule has 0 aliphatic rings. The van der Waals surface area contributed by atoms with Crippen LogP contribution >= 0.6 is 0 Å². The fraction of sp³-hybridized carbons (Fsp3) is 1.00. The highest BCUT2D eigenvalue weighted by Gasteiger charge is 2.23. The third-order valence-electron chi connectivity index (χ3n) is 3.01. The summed E-state index contributed by atoms with van der Waals surface area (Å²) in [5, 5.41) is 0. The standard InChI is InChI=1S/C12H30O5SSi4/c1-18(13,14)15-9-7-11-22(5,6)17-20-10-8-12-21(3,4)16-19-2/h7-12H2,1-6H3. The minimum atomic E-state index is -3.32. The Morgan fingerprint density at radius 2 is 1.50 bits per heavy atom. The Morgan fingerprint density at radius 1 is 0.955 bits per heavy atom. The maximum atomic E-state index is 10.9.